The summed E-state index contributed by atoms with van der Waals surface area (Å²) in [6.07, 6.45) is -4.64. The maximum atomic E-state index is 12.2. The number of fused-ring (bicyclic) bond motifs is 1. The molecule has 0 unspecified atom stereocenters. The molecular formula is C17H18F3NO5. The van der Waals surface area contributed by atoms with Crippen LogP contribution in [0.5, 0.6) is 0 Å². The Morgan fingerprint density at radius 3 is 2.58 bits per heavy atom. The van der Waals surface area contributed by atoms with Crippen molar-refractivity contribution in [3.63, 3.8) is 0 Å². The summed E-state index contributed by atoms with van der Waals surface area (Å²) in [5.41, 5.74) is 0.887. The maximum Gasteiger partial charge on any atom is 0.405 e. The van der Waals surface area contributed by atoms with Crippen molar-refractivity contribution in [1.82, 2.24) is 5.32 Å². The molecule has 0 radical (unpaired) electrons. The number of benzene rings is 1. The summed E-state index contributed by atoms with van der Waals surface area (Å²) in [6.45, 7) is 1.38. The average molecular weight is 373 g/mol. The van der Waals surface area contributed by atoms with Crippen LogP contribution >= 0.6 is 0 Å². The minimum Gasteiger partial charge on any atom is -0.450 e. The van der Waals surface area contributed by atoms with E-state index >= 15 is 0 Å². The second-order valence-electron chi connectivity index (χ2n) is 5.73. The molecule has 1 N–H and O–H groups in total. The summed E-state index contributed by atoms with van der Waals surface area (Å²) >= 11 is 0. The van der Waals surface area contributed by atoms with Gasteiger partial charge in [-0.05, 0) is 19.9 Å². The second-order valence-corrected chi connectivity index (χ2v) is 5.73. The number of carbonyl (C=O) groups excluding carboxylic acids is 2. The molecule has 1 aromatic carbocycles. The van der Waals surface area contributed by atoms with Gasteiger partial charge in [0.2, 0.25) is 5.76 Å². The van der Waals surface area contributed by atoms with Crippen molar-refractivity contribution in [2.75, 3.05) is 13.2 Å². The predicted molar refractivity (Wildman–Crippen MR) is 85.5 cm³/mol. The molecule has 142 valence electrons. The molecule has 0 saturated heterocycles. The Bertz CT molecular complexity index is 782. The van der Waals surface area contributed by atoms with Crippen LogP contribution in [0.15, 0.2) is 28.7 Å². The third-order valence-electron chi connectivity index (χ3n) is 3.27. The zero-order chi connectivity index (χ0) is 19.3. The van der Waals surface area contributed by atoms with Crippen molar-refractivity contribution in [2.45, 2.75) is 32.7 Å². The first-order chi connectivity index (χ1) is 12.2. The van der Waals surface area contributed by atoms with E-state index in [0.29, 0.717) is 16.5 Å². The first kappa shape index (κ1) is 19.8. The predicted octanol–water partition coefficient (Wildman–Crippen LogP) is 3.19. The Morgan fingerprint density at radius 2 is 1.92 bits per heavy atom. The first-order valence-electron chi connectivity index (χ1n) is 7.80. The van der Waals surface area contributed by atoms with Gasteiger partial charge in [-0.3, -0.25) is 4.79 Å². The summed E-state index contributed by atoms with van der Waals surface area (Å²) in [5, 5.41) is 2.27. The van der Waals surface area contributed by atoms with Crippen molar-refractivity contribution >= 4 is 22.8 Å². The SMILES string of the molecule is CC(C)OCc1c(C(=O)OCC(=O)NCC(F)(F)F)oc2ccccc12. The number of furan rings is 1. The highest BCUT2D eigenvalue weighted by Crippen LogP contribution is 2.27. The lowest BCUT2D eigenvalue weighted by molar-refractivity contribution is -0.140. The molecule has 0 bridgehead atoms. The number of carbonyl (C=O) groups is 2. The molecule has 0 spiro atoms. The van der Waals surface area contributed by atoms with Gasteiger partial charge in [-0.2, -0.15) is 13.2 Å². The van der Waals surface area contributed by atoms with Crippen LogP contribution in [0.4, 0.5) is 13.2 Å². The number of halogens is 3. The van der Waals surface area contributed by atoms with E-state index in [1.165, 1.54) is 0 Å². The Hall–Kier alpha value is -2.55. The summed E-state index contributed by atoms with van der Waals surface area (Å²) in [5.74, 6) is -2.16. The molecule has 0 aliphatic heterocycles. The third-order valence-corrected chi connectivity index (χ3v) is 3.27. The van der Waals surface area contributed by atoms with Crippen LogP contribution in [-0.2, 0) is 20.9 Å². The zero-order valence-electron chi connectivity index (χ0n) is 14.2. The zero-order valence-corrected chi connectivity index (χ0v) is 14.2. The van der Waals surface area contributed by atoms with Crippen LogP contribution in [0.1, 0.15) is 30.0 Å². The number of nitrogens with one attached hydrogen (secondary N) is 1. The Labute approximate surface area is 147 Å². The molecule has 0 aliphatic carbocycles. The van der Waals surface area contributed by atoms with E-state index in [0.717, 1.165) is 0 Å². The van der Waals surface area contributed by atoms with Gasteiger partial charge in [-0.25, -0.2) is 4.79 Å². The molecule has 0 aliphatic rings. The van der Waals surface area contributed by atoms with Crippen LogP contribution in [0.25, 0.3) is 11.0 Å². The standard InChI is InChI=1S/C17H18F3NO5/c1-10(2)24-7-12-11-5-3-4-6-13(11)26-15(12)16(23)25-8-14(22)21-9-17(18,19)20/h3-6,10H,7-9H2,1-2H3,(H,21,22). The van der Waals surface area contributed by atoms with Crippen LogP contribution in [-0.4, -0.2) is 37.3 Å². The first-order valence-corrected chi connectivity index (χ1v) is 7.80. The number of esters is 1. The Kier molecular flexibility index (Phi) is 6.25. The summed E-state index contributed by atoms with van der Waals surface area (Å²) < 4.78 is 51.9. The molecule has 1 aromatic heterocycles. The van der Waals surface area contributed by atoms with Crippen LogP contribution in [0.3, 0.4) is 0 Å². The van der Waals surface area contributed by atoms with Crippen LogP contribution in [0, 0.1) is 0 Å². The minimum absolute atomic E-state index is 0.0827. The smallest absolute Gasteiger partial charge is 0.405 e. The van der Waals surface area contributed by atoms with E-state index in [2.05, 4.69) is 0 Å². The molecule has 0 fully saturated rings. The molecule has 2 rings (SSSR count). The topological polar surface area (TPSA) is 77.8 Å². The molecule has 1 amide bonds. The average Bonchev–Trinajstić information content (AvgIpc) is 2.94. The molecule has 6 nitrogen and oxygen atoms in total. The van der Waals surface area contributed by atoms with E-state index in [1.54, 1.807) is 29.6 Å². The van der Waals surface area contributed by atoms with Crippen LogP contribution < -0.4 is 5.32 Å². The largest absolute Gasteiger partial charge is 0.450 e. The molecule has 0 atom stereocenters. The number of alkyl halides is 3. The van der Waals surface area contributed by atoms with Crippen molar-refractivity contribution in [3.05, 3.63) is 35.6 Å². The van der Waals surface area contributed by atoms with Gasteiger partial charge in [0.1, 0.15) is 12.1 Å². The molecule has 1 heterocycles. The lowest BCUT2D eigenvalue weighted by atomic mass is 10.1. The van der Waals surface area contributed by atoms with E-state index in [-0.39, 0.29) is 18.5 Å². The number of ether oxygens (including phenoxy) is 2. The monoisotopic (exact) mass is 373 g/mol. The second kappa shape index (κ2) is 8.22. The van der Waals surface area contributed by atoms with Crippen molar-refractivity contribution in [2.24, 2.45) is 0 Å². The molecule has 9 heteroatoms. The maximum absolute atomic E-state index is 12.2. The van der Waals surface area contributed by atoms with Crippen LogP contribution in [0.2, 0.25) is 0 Å². The van der Waals surface area contributed by atoms with Gasteiger partial charge in [0, 0.05) is 10.9 Å². The number of hydrogen-bond acceptors (Lipinski definition) is 5. The molecular weight excluding hydrogens is 355 g/mol. The Morgan fingerprint density at radius 1 is 1.23 bits per heavy atom. The van der Waals surface area contributed by atoms with E-state index in [1.807, 2.05) is 13.8 Å². The summed E-state index contributed by atoms with van der Waals surface area (Å²) in [6, 6.07) is 6.88. The van der Waals surface area contributed by atoms with Crippen molar-refractivity contribution in [1.29, 1.82) is 0 Å². The minimum atomic E-state index is -4.54. The number of amides is 1. The fraction of sp³-hybridized carbons (Fsp3) is 0.412. The molecule has 0 saturated carbocycles. The fourth-order valence-electron chi connectivity index (χ4n) is 2.10. The van der Waals surface area contributed by atoms with Gasteiger partial charge in [-0.15, -0.1) is 0 Å². The quantitative estimate of drug-likeness (QED) is 0.754. The molecule has 2 aromatic rings. The highest BCUT2D eigenvalue weighted by molar-refractivity contribution is 5.96. The highest BCUT2D eigenvalue weighted by atomic mass is 19.4. The third kappa shape index (κ3) is 5.48. The highest BCUT2D eigenvalue weighted by Gasteiger charge is 2.28. The summed E-state index contributed by atoms with van der Waals surface area (Å²) in [7, 11) is 0. The lowest BCUT2D eigenvalue weighted by Crippen LogP contribution is -2.36. The van der Waals surface area contributed by atoms with E-state index in [9.17, 15) is 22.8 Å². The van der Waals surface area contributed by atoms with Crippen molar-refractivity contribution < 1.29 is 36.7 Å². The fourth-order valence-corrected chi connectivity index (χ4v) is 2.10. The number of rotatable bonds is 7. The van der Waals surface area contributed by atoms with Gasteiger partial charge in [0.15, 0.2) is 6.61 Å². The normalized spacial score (nSPS) is 11.8. The van der Waals surface area contributed by atoms with Gasteiger partial charge in [0.25, 0.3) is 5.91 Å². The van der Waals surface area contributed by atoms with Gasteiger partial charge in [-0.1, -0.05) is 18.2 Å². The van der Waals surface area contributed by atoms with Gasteiger partial charge >= 0.3 is 12.1 Å². The van der Waals surface area contributed by atoms with E-state index < -0.39 is 31.2 Å². The van der Waals surface area contributed by atoms with Crippen molar-refractivity contribution in [3.8, 4) is 0 Å². The van der Waals surface area contributed by atoms with Gasteiger partial charge < -0.3 is 19.2 Å². The van der Waals surface area contributed by atoms with E-state index in [4.69, 9.17) is 13.9 Å². The number of hydrogen-bond donors (Lipinski definition) is 1. The summed E-state index contributed by atoms with van der Waals surface area (Å²) in [4.78, 5) is 23.6. The Balaban J connectivity index is 2.09. The lowest BCUT2D eigenvalue weighted by Gasteiger charge is -2.09. The molecule has 26 heavy (non-hydrogen) atoms. The van der Waals surface area contributed by atoms with Gasteiger partial charge in [0.05, 0.1) is 12.7 Å². The number of para-hydroxylation sites is 1.